The van der Waals surface area contributed by atoms with Gasteiger partial charge < -0.3 is 19.7 Å². The third kappa shape index (κ3) is 3.60. The minimum Gasteiger partial charge on any atom is -0.507 e. The van der Waals surface area contributed by atoms with Crippen molar-refractivity contribution in [2.75, 3.05) is 7.11 Å². The lowest BCUT2D eigenvalue weighted by molar-refractivity contribution is -0.140. The molecule has 0 radical (unpaired) electrons. The molecule has 1 aliphatic heterocycles. The smallest absolute Gasteiger partial charge is 0.295 e. The first-order valence-corrected chi connectivity index (χ1v) is 10.9. The summed E-state index contributed by atoms with van der Waals surface area (Å²) in [5.74, 6) is -1.32. The summed E-state index contributed by atoms with van der Waals surface area (Å²) in [6.07, 6.45) is 5.06. The van der Waals surface area contributed by atoms with Crippen LogP contribution in [0.4, 0.5) is 0 Å². The maximum absolute atomic E-state index is 13.3. The summed E-state index contributed by atoms with van der Waals surface area (Å²) in [5, 5.41) is 12.4. The number of Topliss-reactive ketones (excluding diaryl/α,β-unsaturated/α-hetero) is 1. The largest absolute Gasteiger partial charge is 0.507 e. The number of carbonyl (C=O) groups is 2. The standard InChI is InChI=1S/C26H20ClN3O4/c1-34-21-9-8-16(11-19(21)27)24(31)22-23(18-13-29-20-7-3-2-6-17(18)20)30(26(33)25(22)32)14-15-5-4-10-28-12-15/h2-13,23,29,31H,14H2,1H3/b24-22+. The van der Waals surface area contributed by atoms with Crippen molar-refractivity contribution in [3.05, 3.63) is 100 Å². The number of aromatic amines is 1. The van der Waals surface area contributed by atoms with Crippen molar-refractivity contribution in [1.82, 2.24) is 14.9 Å². The maximum atomic E-state index is 13.3. The molecule has 5 rings (SSSR count). The number of rotatable bonds is 5. The number of halogens is 1. The third-order valence-corrected chi connectivity index (χ3v) is 6.25. The summed E-state index contributed by atoms with van der Waals surface area (Å²) in [7, 11) is 1.49. The molecule has 2 aromatic carbocycles. The number of fused-ring (bicyclic) bond motifs is 1. The van der Waals surface area contributed by atoms with Crippen molar-refractivity contribution in [2.24, 2.45) is 0 Å². The average molecular weight is 474 g/mol. The summed E-state index contributed by atoms with van der Waals surface area (Å²) in [4.78, 5) is 35.3. The van der Waals surface area contributed by atoms with Crippen LogP contribution in [0.5, 0.6) is 5.75 Å². The summed E-state index contributed by atoms with van der Waals surface area (Å²) < 4.78 is 5.19. The molecule has 0 bridgehead atoms. The normalized spacial score (nSPS) is 17.5. The molecular weight excluding hydrogens is 454 g/mol. The number of aromatic nitrogens is 2. The zero-order valence-corrected chi connectivity index (χ0v) is 18.9. The molecule has 0 saturated carbocycles. The van der Waals surface area contributed by atoms with Gasteiger partial charge in [-0.2, -0.15) is 0 Å². The highest BCUT2D eigenvalue weighted by atomic mass is 35.5. The molecule has 0 aliphatic carbocycles. The van der Waals surface area contributed by atoms with Gasteiger partial charge in [-0.05, 0) is 35.9 Å². The van der Waals surface area contributed by atoms with Gasteiger partial charge in [0.25, 0.3) is 11.7 Å². The summed E-state index contributed by atoms with van der Waals surface area (Å²) in [6, 6.07) is 15.1. The first-order chi connectivity index (χ1) is 16.5. The Kier molecular flexibility index (Phi) is 5.55. The van der Waals surface area contributed by atoms with E-state index in [4.69, 9.17) is 16.3 Å². The molecule has 1 saturated heterocycles. The number of nitrogens with one attached hydrogen (secondary N) is 1. The topological polar surface area (TPSA) is 95.5 Å². The van der Waals surface area contributed by atoms with Gasteiger partial charge in [0.2, 0.25) is 0 Å². The number of amides is 1. The third-order valence-electron chi connectivity index (χ3n) is 5.96. The zero-order valence-electron chi connectivity index (χ0n) is 18.2. The second-order valence-electron chi connectivity index (χ2n) is 7.93. The average Bonchev–Trinajstić information content (AvgIpc) is 3.38. The first-order valence-electron chi connectivity index (χ1n) is 10.6. The van der Waals surface area contributed by atoms with Crippen LogP contribution in [0.3, 0.4) is 0 Å². The number of hydrogen-bond donors (Lipinski definition) is 2. The van der Waals surface area contributed by atoms with Crippen molar-refractivity contribution in [3.8, 4) is 5.75 Å². The van der Waals surface area contributed by atoms with E-state index in [9.17, 15) is 14.7 Å². The molecule has 7 nitrogen and oxygen atoms in total. The summed E-state index contributed by atoms with van der Waals surface area (Å²) in [5.41, 5.74) is 2.65. The van der Waals surface area contributed by atoms with Gasteiger partial charge in [-0.3, -0.25) is 14.6 Å². The SMILES string of the molecule is COc1ccc(/C(O)=C2\C(=O)C(=O)N(Cc3cccnc3)C2c2c[nH]c3ccccc23)cc1Cl. The fourth-order valence-corrected chi connectivity index (χ4v) is 4.60. The Morgan fingerprint density at radius 3 is 2.74 bits per heavy atom. The van der Waals surface area contributed by atoms with E-state index in [1.54, 1.807) is 36.8 Å². The number of H-pyrrole nitrogens is 1. The number of aliphatic hydroxyl groups is 1. The fraction of sp³-hybridized carbons (Fsp3) is 0.115. The van der Waals surface area contributed by atoms with Gasteiger partial charge in [0.15, 0.2) is 0 Å². The van der Waals surface area contributed by atoms with Crippen molar-refractivity contribution >= 4 is 40.0 Å². The lowest BCUT2D eigenvalue weighted by atomic mass is 9.94. The van der Waals surface area contributed by atoms with Crippen LogP contribution < -0.4 is 4.74 Å². The van der Waals surface area contributed by atoms with Gasteiger partial charge in [0, 0.05) is 47.2 Å². The van der Waals surface area contributed by atoms with Gasteiger partial charge in [0.1, 0.15) is 11.5 Å². The van der Waals surface area contributed by atoms with Crippen molar-refractivity contribution in [2.45, 2.75) is 12.6 Å². The molecule has 2 aromatic heterocycles. The highest BCUT2D eigenvalue weighted by Gasteiger charge is 2.46. The van der Waals surface area contributed by atoms with Crippen LogP contribution in [0.2, 0.25) is 5.02 Å². The van der Waals surface area contributed by atoms with E-state index in [1.807, 2.05) is 30.3 Å². The Balaban J connectivity index is 1.70. The Hall–Kier alpha value is -4.10. The summed E-state index contributed by atoms with van der Waals surface area (Å²) in [6.45, 7) is 0.155. The molecule has 1 atom stereocenters. The number of ether oxygens (including phenoxy) is 1. The minimum absolute atomic E-state index is 0.000114. The lowest BCUT2D eigenvalue weighted by Gasteiger charge is -2.25. The molecule has 1 aliphatic rings. The molecule has 34 heavy (non-hydrogen) atoms. The van der Waals surface area contributed by atoms with E-state index >= 15 is 0 Å². The van der Waals surface area contributed by atoms with E-state index in [0.29, 0.717) is 16.9 Å². The maximum Gasteiger partial charge on any atom is 0.295 e. The van der Waals surface area contributed by atoms with Crippen LogP contribution >= 0.6 is 11.6 Å². The van der Waals surface area contributed by atoms with Gasteiger partial charge in [-0.15, -0.1) is 0 Å². The van der Waals surface area contributed by atoms with Crippen LogP contribution in [0, 0.1) is 0 Å². The van der Waals surface area contributed by atoms with E-state index < -0.39 is 17.7 Å². The molecular formula is C26H20ClN3O4. The van der Waals surface area contributed by atoms with Crippen molar-refractivity contribution in [1.29, 1.82) is 0 Å². The van der Waals surface area contributed by atoms with Gasteiger partial charge in [0.05, 0.1) is 23.7 Å². The van der Waals surface area contributed by atoms with Gasteiger partial charge in [-0.1, -0.05) is 35.9 Å². The number of likely N-dealkylation sites (tertiary alicyclic amines) is 1. The van der Waals surface area contributed by atoms with Crippen LogP contribution in [0.1, 0.15) is 22.7 Å². The number of pyridine rings is 1. The predicted molar refractivity (Wildman–Crippen MR) is 128 cm³/mol. The van der Waals surface area contributed by atoms with Gasteiger partial charge in [-0.25, -0.2) is 0 Å². The second kappa shape index (κ2) is 8.68. The molecule has 0 spiro atoms. The van der Waals surface area contributed by atoms with Crippen LogP contribution in [-0.4, -0.2) is 38.8 Å². The zero-order chi connectivity index (χ0) is 23.8. The second-order valence-corrected chi connectivity index (χ2v) is 8.33. The number of aliphatic hydroxyl groups excluding tert-OH is 1. The molecule has 4 aromatic rings. The number of benzene rings is 2. The highest BCUT2D eigenvalue weighted by molar-refractivity contribution is 6.46. The highest BCUT2D eigenvalue weighted by Crippen LogP contribution is 2.43. The first kappa shape index (κ1) is 21.7. The number of nitrogens with zero attached hydrogens (tertiary/aromatic N) is 2. The van der Waals surface area contributed by atoms with E-state index in [-0.39, 0.29) is 22.9 Å². The molecule has 3 heterocycles. The monoisotopic (exact) mass is 473 g/mol. The van der Waals surface area contributed by atoms with Crippen molar-refractivity contribution in [3.63, 3.8) is 0 Å². The number of ketones is 1. The molecule has 2 N–H and O–H groups in total. The Labute approximate surface area is 200 Å². The number of methoxy groups -OCH3 is 1. The lowest BCUT2D eigenvalue weighted by Crippen LogP contribution is -2.29. The molecule has 1 amide bonds. The number of carbonyl (C=O) groups excluding carboxylic acids is 2. The van der Waals surface area contributed by atoms with Crippen LogP contribution in [0.15, 0.2) is 78.8 Å². The van der Waals surface area contributed by atoms with E-state index in [0.717, 1.165) is 16.5 Å². The van der Waals surface area contributed by atoms with Crippen LogP contribution in [-0.2, 0) is 16.1 Å². The molecule has 170 valence electrons. The van der Waals surface area contributed by atoms with E-state index in [2.05, 4.69) is 9.97 Å². The summed E-state index contributed by atoms with van der Waals surface area (Å²) >= 11 is 6.26. The molecule has 1 unspecified atom stereocenters. The molecule has 1 fully saturated rings. The predicted octanol–water partition coefficient (Wildman–Crippen LogP) is 4.85. The van der Waals surface area contributed by atoms with Gasteiger partial charge >= 0.3 is 0 Å². The Morgan fingerprint density at radius 2 is 2.00 bits per heavy atom. The number of hydrogen-bond acceptors (Lipinski definition) is 5. The Bertz CT molecular complexity index is 1440. The number of para-hydroxylation sites is 1. The Morgan fingerprint density at radius 1 is 1.18 bits per heavy atom. The minimum atomic E-state index is -0.808. The van der Waals surface area contributed by atoms with E-state index in [1.165, 1.54) is 18.1 Å². The van der Waals surface area contributed by atoms with Crippen LogP contribution in [0.25, 0.3) is 16.7 Å². The van der Waals surface area contributed by atoms with Crippen molar-refractivity contribution < 1.29 is 19.4 Å². The fourth-order valence-electron chi connectivity index (χ4n) is 4.34. The molecule has 8 heteroatoms. The quantitative estimate of drug-likeness (QED) is 0.245.